The molecule has 1 atom stereocenters. The third-order valence-electron chi connectivity index (χ3n) is 4.53. The smallest absolute Gasteiger partial charge is 0.242 e. The molecule has 8 heteroatoms. The Labute approximate surface area is 164 Å². The Balaban J connectivity index is 1.71. The number of pyridine rings is 1. The van der Waals surface area contributed by atoms with E-state index in [2.05, 4.69) is 55.1 Å². The molecule has 2 aliphatic rings. The highest BCUT2D eigenvalue weighted by Gasteiger charge is 2.33. The number of allylic oxidation sites excluding steroid dienone is 4. The Bertz CT molecular complexity index is 787. The lowest BCUT2D eigenvalue weighted by molar-refractivity contribution is 0.248. The zero-order chi connectivity index (χ0) is 17.3. The average molecular weight is 497 g/mol. The van der Waals surface area contributed by atoms with E-state index in [-0.39, 0.29) is 10.0 Å². The van der Waals surface area contributed by atoms with Gasteiger partial charge >= 0.3 is 0 Å². The second-order valence-corrected chi connectivity index (χ2v) is 10.0. The van der Waals surface area contributed by atoms with Gasteiger partial charge in [0.25, 0.3) is 0 Å². The fourth-order valence-corrected chi connectivity index (χ4v) is 5.94. The Kier molecular flexibility index (Phi) is 5.87. The molecule has 0 saturated carbocycles. The molecule has 3 rings (SSSR count). The lowest BCUT2D eigenvalue weighted by Crippen LogP contribution is -2.40. The molecule has 1 saturated heterocycles. The molecule has 1 aliphatic heterocycles. The maximum Gasteiger partial charge on any atom is 0.244 e. The number of nitrogens with zero attached hydrogens (tertiary/aromatic N) is 2. The van der Waals surface area contributed by atoms with E-state index in [1.165, 1.54) is 16.7 Å². The van der Waals surface area contributed by atoms with Crippen LogP contribution in [0.3, 0.4) is 0 Å². The molecule has 1 aromatic rings. The number of hydrogen-bond donors (Lipinski definition) is 0. The molecule has 4 nitrogen and oxygen atoms in total. The molecular weight excluding hydrogens is 480 g/mol. The monoisotopic (exact) mass is 494 g/mol. The van der Waals surface area contributed by atoms with Gasteiger partial charge in [0.15, 0.2) is 0 Å². The highest BCUT2D eigenvalue weighted by molar-refractivity contribution is 9.11. The SMILES string of the molecule is O=S(=O)(c1cnc(Cl)c(Br)c1)N1CCC(C2C=CCC=C2Br)CC1. The first-order valence-corrected chi connectivity index (χ1v) is 11.1. The van der Waals surface area contributed by atoms with Crippen molar-refractivity contribution >= 4 is 53.5 Å². The van der Waals surface area contributed by atoms with Gasteiger partial charge in [0.05, 0.1) is 4.47 Å². The predicted octanol–water partition coefficient (Wildman–Crippen LogP) is 4.75. The molecule has 0 radical (unpaired) electrons. The van der Waals surface area contributed by atoms with Crippen LogP contribution >= 0.6 is 43.5 Å². The molecule has 0 bridgehead atoms. The van der Waals surface area contributed by atoms with Crippen LogP contribution in [0.1, 0.15) is 19.3 Å². The molecule has 1 fully saturated rings. The summed E-state index contributed by atoms with van der Waals surface area (Å²) in [6.45, 7) is 1.05. The van der Waals surface area contributed by atoms with Crippen LogP contribution in [0.4, 0.5) is 0 Å². The van der Waals surface area contributed by atoms with Crippen molar-refractivity contribution in [2.24, 2.45) is 11.8 Å². The Morgan fingerprint density at radius 1 is 1.25 bits per heavy atom. The van der Waals surface area contributed by atoms with Crippen LogP contribution in [-0.4, -0.2) is 30.8 Å². The summed E-state index contributed by atoms with van der Waals surface area (Å²) < 4.78 is 28.8. The Morgan fingerprint density at radius 2 is 1.96 bits per heavy atom. The van der Waals surface area contributed by atoms with Crippen LogP contribution in [-0.2, 0) is 10.0 Å². The summed E-state index contributed by atoms with van der Waals surface area (Å²) in [5.41, 5.74) is 0. The molecule has 0 amide bonds. The van der Waals surface area contributed by atoms with Gasteiger partial charge < -0.3 is 0 Å². The summed E-state index contributed by atoms with van der Waals surface area (Å²) in [6, 6.07) is 1.51. The molecule has 0 N–H and O–H groups in total. The maximum absolute atomic E-state index is 12.8. The lowest BCUT2D eigenvalue weighted by atomic mass is 9.83. The normalized spacial score (nSPS) is 23.3. The van der Waals surface area contributed by atoms with Crippen molar-refractivity contribution in [3.8, 4) is 0 Å². The summed E-state index contributed by atoms with van der Waals surface area (Å²) in [7, 11) is -3.53. The Morgan fingerprint density at radius 3 is 2.58 bits per heavy atom. The minimum atomic E-state index is -3.53. The first-order chi connectivity index (χ1) is 11.4. The van der Waals surface area contributed by atoms with Crippen LogP contribution in [0.15, 0.2) is 44.3 Å². The summed E-state index contributed by atoms with van der Waals surface area (Å²) in [6.07, 6.45) is 10.6. The van der Waals surface area contributed by atoms with E-state index in [0.717, 1.165) is 19.3 Å². The molecule has 1 unspecified atom stereocenters. The third kappa shape index (κ3) is 3.80. The topological polar surface area (TPSA) is 50.3 Å². The van der Waals surface area contributed by atoms with Gasteiger partial charge in [-0.15, -0.1) is 0 Å². The van der Waals surface area contributed by atoms with Crippen molar-refractivity contribution in [1.82, 2.24) is 9.29 Å². The molecule has 2 heterocycles. The zero-order valence-corrected chi connectivity index (χ0v) is 17.6. The second-order valence-electron chi connectivity index (χ2n) is 5.96. The van der Waals surface area contributed by atoms with Crippen molar-refractivity contribution in [3.05, 3.63) is 44.6 Å². The van der Waals surface area contributed by atoms with Crippen molar-refractivity contribution in [1.29, 1.82) is 0 Å². The number of sulfonamides is 1. The summed E-state index contributed by atoms with van der Waals surface area (Å²) in [5, 5.41) is 0.258. The highest BCUT2D eigenvalue weighted by Crippen LogP contribution is 2.37. The van der Waals surface area contributed by atoms with E-state index < -0.39 is 10.0 Å². The lowest BCUT2D eigenvalue weighted by Gasteiger charge is -2.35. The van der Waals surface area contributed by atoms with Crippen LogP contribution in [0.25, 0.3) is 0 Å². The first kappa shape index (κ1) is 18.6. The van der Waals surface area contributed by atoms with E-state index in [1.54, 1.807) is 4.31 Å². The first-order valence-electron chi connectivity index (χ1n) is 7.73. The molecular formula is C16H17Br2ClN2O2S. The van der Waals surface area contributed by atoms with Gasteiger partial charge in [-0.25, -0.2) is 13.4 Å². The highest BCUT2D eigenvalue weighted by atomic mass is 79.9. The quantitative estimate of drug-likeness (QED) is 0.448. The minimum absolute atomic E-state index is 0.177. The molecule has 130 valence electrons. The summed E-state index contributed by atoms with van der Waals surface area (Å²) >= 11 is 12.7. The standard InChI is InChI=1S/C16H17Br2ClN2O2S/c17-14-4-2-1-3-13(14)11-5-7-21(8-6-11)24(22,23)12-9-15(18)16(19)20-10-12/h1,3-4,9-11,13H,2,5-8H2. The van der Waals surface area contributed by atoms with Crippen LogP contribution in [0.2, 0.25) is 5.15 Å². The van der Waals surface area contributed by atoms with E-state index in [9.17, 15) is 8.42 Å². The van der Waals surface area contributed by atoms with E-state index in [1.807, 2.05) is 0 Å². The molecule has 0 spiro atoms. The maximum atomic E-state index is 12.8. The van der Waals surface area contributed by atoms with Gasteiger partial charge in [0, 0.05) is 25.2 Å². The van der Waals surface area contributed by atoms with Gasteiger partial charge in [-0.05, 0) is 51.7 Å². The second kappa shape index (κ2) is 7.58. The largest absolute Gasteiger partial charge is 0.244 e. The summed E-state index contributed by atoms with van der Waals surface area (Å²) in [5.74, 6) is 0.837. The average Bonchev–Trinajstić information content (AvgIpc) is 2.58. The molecule has 24 heavy (non-hydrogen) atoms. The van der Waals surface area contributed by atoms with Crippen LogP contribution < -0.4 is 0 Å². The van der Waals surface area contributed by atoms with Gasteiger partial charge in [0.1, 0.15) is 10.0 Å². The zero-order valence-electron chi connectivity index (χ0n) is 12.8. The molecule has 1 aliphatic carbocycles. The summed E-state index contributed by atoms with van der Waals surface area (Å²) in [4.78, 5) is 4.10. The third-order valence-corrected chi connectivity index (χ3v) is 8.38. The predicted molar refractivity (Wildman–Crippen MR) is 103 cm³/mol. The number of rotatable bonds is 3. The van der Waals surface area contributed by atoms with E-state index in [0.29, 0.717) is 29.4 Å². The van der Waals surface area contributed by atoms with Crippen LogP contribution in [0, 0.1) is 11.8 Å². The van der Waals surface area contributed by atoms with Crippen molar-refractivity contribution in [2.75, 3.05) is 13.1 Å². The Hall–Kier alpha value is -0.210. The molecule has 1 aromatic heterocycles. The van der Waals surface area contributed by atoms with E-state index in [4.69, 9.17) is 11.6 Å². The fourth-order valence-electron chi connectivity index (χ4n) is 3.19. The van der Waals surface area contributed by atoms with Crippen molar-refractivity contribution in [3.63, 3.8) is 0 Å². The van der Waals surface area contributed by atoms with E-state index >= 15 is 0 Å². The van der Waals surface area contributed by atoms with Crippen molar-refractivity contribution < 1.29 is 8.42 Å². The molecule has 0 aromatic carbocycles. The fraction of sp³-hybridized carbons (Fsp3) is 0.438. The van der Waals surface area contributed by atoms with Crippen molar-refractivity contribution in [2.45, 2.75) is 24.2 Å². The van der Waals surface area contributed by atoms with Gasteiger partial charge in [-0.1, -0.05) is 45.8 Å². The van der Waals surface area contributed by atoms with Gasteiger partial charge in [-0.3, -0.25) is 0 Å². The number of hydrogen-bond acceptors (Lipinski definition) is 3. The van der Waals surface area contributed by atoms with Gasteiger partial charge in [0.2, 0.25) is 10.0 Å². The number of piperidine rings is 1. The number of halogens is 3. The van der Waals surface area contributed by atoms with Crippen LogP contribution in [0.5, 0.6) is 0 Å². The van der Waals surface area contributed by atoms with Gasteiger partial charge in [-0.2, -0.15) is 4.31 Å². The number of aromatic nitrogens is 1. The minimum Gasteiger partial charge on any atom is -0.242 e.